The molecule has 0 saturated heterocycles. The number of ether oxygens (including phenoxy) is 2. The lowest BCUT2D eigenvalue weighted by Gasteiger charge is -2.26. The zero-order valence-corrected chi connectivity index (χ0v) is 11.8. The maximum absolute atomic E-state index is 5.87. The summed E-state index contributed by atoms with van der Waals surface area (Å²) in [5.41, 5.74) is 0. The van der Waals surface area contributed by atoms with Gasteiger partial charge in [0.25, 0.3) is 0 Å². The zero-order chi connectivity index (χ0) is 13.5. The molecule has 0 spiro atoms. The average molecular weight is 264 g/mol. The number of nitrogens with one attached hydrogen (secondary N) is 2. The van der Waals surface area contributed by atoms with Crippen LogP contribution in [-0.4, -0.2) is 38.4 Å². The van der Waals surface area contributed by atoms with Crippen molar-refractivity contribution in [1.82, 2.24) is 10.6 Å². The van der Waals surface area contributed by atoms with Gasteiger partial charge in [0, 0.05) is 12.6 Å². The van der Waals surface area contributed by atoms with Crippen LogP contribution >= 0.6 is 0 Å². The largest absolute Gasteiger partial charge is 0.486 e. The lowest BCUT2D eigenvalue weighted by Crippen LogP contribution is -2.39. The Labute approximate surface area is 115 Å². The molecule has 2 N–H and O–H groups in total. The van der Waals surface area contributed by atoms with Crippen LogP contribution in [0.15, 0.2) is 24.3 Å². The van der Waals surface area contributed by atoms with Crippen molar-refractivity contribution in [2.45, 2.75) is 32.4 Å². The third-order valence-corrected chi connectivity index (χ3v) is 3.02. The van der Waals surface area contributed by atoms with Crippen LogP contribution in [0.1, 0.15) is 20.3 Å². The number of benzene rings is 1. The number of para-hydroxylation sites is 2. The van der Waals surface area contributed by atoms with Crippen LogP contribution in [0.25, 0.3) is 0 Å². The Morgan fingerprint density at radius 2 is 2.00 bits per heavy atom. The molecule has 1 heterocycles. The molecule has 0 aliphatic carbocycles. The van der Waals surface area contributed by atoms with Crippen molar-refractivity contribution in [1.29, 1.82) is 0 Å². The van der Waals surface area contributed by atoms with E-state index in [2.05, 4.69) is 24.5 Å². The Balaban J connectivity index is 1.61. The van der Waals surface area contributed by atoms with Crippen LogP contribution in [0.3, 0.4) is 0 Å². The predicted molar refractivity (Wildman–Crippen MR) is 77.0 cm³/mol. The third-order valence-electron chi connectivity index (χ3n) is 3.02. The minimum atomic E-state index is 0.105. The maximum Gasteiger partial charge on any atom is 0.161 e. The SMILES string of the molecule is CC(C)NCCCNCC1COc2ccccc2O1. The molecule has 0 radical (unpaired) electrons. The van der Waals surface area contributed by atoms with Crippen molar-refractivity contribution >= 4 is 0 Å². The molecule has 0 bridgehead atoms. The van der Waals surface area contributed by atoms with Crippen LogP contribution in [0, 0.1) is 0 Å². The fourth-order valence-electron chi connectivity index (χ4n) is 2.03. The van der Waals surface area contributed by atoms with E-state index in [9.17, 15) is 0 Å². The first kappa shape index (κ1) is 14.2. The first-order valence-corrected chi connectivity index (χ1v) is 7.08. The fraction of sp³-hybridized carbons (Fsp3) is 0.600. The van der Waals surface area contributed by atoms with Crippen molar-refractivity contribution in [3.63, 3.8) is 0 Å². The van der Waals surface area contributed by atoms with E-state index in [-0.39, 0.29) is 6.10 Å². The molecule has 19 heavy (non-hydrogen) atoms. The van der Waals surface area contributed by atoms with Crippen LogP contribution in [-0.2, 0) is 0 Å². The average Bonchev–Trinajstić information content (AvgIpc) is 2.42. The van der Waals surface area contributed by atoms with Gasteiger partial charge in [-0.3, -0.25) is 0 Å². The summed E-state index contributed by atoms with van der Waals surface area (Å²) < 4.78 is 11.5. The third kappa shape index (κ3) is 4.73. The van der Waals surface area contributed by atoms with Crippen LogP contribution in [0.2, 0.25) is 0 Å². The van der Waals surface area contributed by atoms with Gasteiger partial charge < -0.3 is 20.1 Å². The molecular weight excluding hydrogens is 240 g/mol. The quantitative estimate of drug-likeness (QED) is 0.737. The highest BCUT2D eigenvalue weighted by Crippen LogP contribution is 2.30. The van der Waals surface area contributed by atoms with E-state index in [1.165, 1.54) is 0 Å². The van der Waals surface area contributed by atoms with Gasteiger partial charge in [-0.2, -0.15) is 0 Å². The molecule has 4 nitrogen and oxygen atoms in total. The molecule has 106 valence electrons. The van der Waals surface area contributed by atoms with Crippen molar-refractivity contribution in [2.24, 2.45) is 0 Å². The van der Waals surface area contributed by atoms with Gasteiger partial charge >= 0.3 is 0 Å². The molecule has 2 rings (SSSR count). The predicted octanol–water partition coefficient (Wildman–Crippen LogP) is 1.80. The maximum atomic E-state index is 5.87. The van der Waals surface area contributed by atoms with Gasteiger partial charge in [0.1, 0.15) is 12.7 Å². The number of rotatable bonds is 7. The second-order valence-electron chi connectivity index (χ2n) is 5.16. The van der Waals surface area contributed by atoms with Crippen LogP contribution in [0.4, 0.5) is 0 Å². The Hall–Kier alpha value is -1.26. The molecule has 1 aromatic carbocycles. The molecule has 1 unspecified atom stereocenters. The van der Waals surface area contributed by atoms with E-state index in [4.69, 9.17) is 9.47 Å². The summed E-state index contributed by atoms with van der Waals surface area (Å²) in [4.78, 5) is 0. The van der Waals surface area contributed by atoms with Gasteiger partial charge in [0.2, 0.25) is 0 Å². The van der Waals surface area contributed by atoms with E-state index in [1.54, 1.807) is 0 Å². The molecule has 1 atom stereocenters. The summed E-state index contributed by atoms with van der Waals surface area (Å²) >= 11 is 0. The van der Waals surface area contributed by atoms with Crippen molar-refractivity contribution in [2.75, 3.05) is 26.2 Å². The number of hydrogen-bond acceptors (Lipinski definition) is 4. The number of hydrogen-bond donors (Lipinski definition) is 2. The lowest BCUT2D eigenvalue weighted by molar-refractivity contribution is 0.0905. The lowest BCUT2D eigenvalue weighted by atomic mass is 10.2. The molecule has 0 amide bonds. The minimum absolute atomic E-state index is 0.105. The fourth-order valence-corrected chi connectivity index (χ4v) is 2.03. The molecule has 1 aromatic rings. The Bertz CT molecular complexity index is 382. The molecule has 1 aliphatic heterocycles. The summed E-state index contributed by atoms with van der Waals surface area (Å²) in [6.07, 6.45) is 1.23. The first-order valence-electron chi connectivity index (χ1n) is 7.08. The van der Waals surface area contributed by atoms with Gasteiger partial charge in [-0.05, 0) is 31.6 Å². The highest BCUT2D eigenvalue weighted by Gasteiger charge is 2.19. The van der Waals surface area contributed by atoms with E-state index in [1.807, 2.05) is 24.3 Å². The summed E-state index contributed by atoms with van der Waals surface area (Å²) in [7, 11) is 0. The molecule has 0 aromatic heterocycles. The molecule has 0 saturated carbocycles. The minimum Gasteiger partial charge on any atom is -0.486 e. The zero-order valence-electron chi connectivity index (χ0n) is 11.8. The van der Waals surface area contributed by atoms with Crippen LogP contribution < -0.4 is 20.1 Å². The monoisotopic (exact) mass is 264 g/mol. The molecular formula is C15H24N2O2. The van der Waals surface area contributed by atoms with Crippen molar-refractivity contribution < 1.29 is 9.47 Å². The van der Waals surface area contributed by atoms with Gasteiger partial charge in [-0.25, -0.2) is 0 Å². The summed E-state index contributed by atoms with van der Waals surface area (Å²) in [5.74, 6) is 1.70. The van der Waals surface area contributed by atoms with Crippen LogP contribution in [0.5, 0.6) is 11.5 Å². The summed E-state index contributed by atoms with van der Waals surface area (Å²) in [6, 6.07) is 8.38. The highest BCUT2D eigenvalue weighted by atomic mass is 16.6. The number of fused-ring (bicyclic) bond motifs is 1. The van der Waals surface area contributed by atoms with E-state index >= 15 is 0 Å². The van der Waals surface area contributed by atoms with Gasteiger partial charge in [-0.1, -0.05) is 26.0 Å². The van der Waals surface area contributed by atoms with Gasteiger partial charge in [0.15, 0.2) is 11.5 Å². The van der Waals surface area contributed by atoms with Gasteiger partial charge in [0.05, 0.1) is 0 Å². The first-order chi connectivity index (χ1) is 9.25. The molecule has 1 aliphatic rings. The molecule has 0 fully saturated rings. The van der Waals surface area contributed by atoms with Gasteiger partial charge in [-0.15, -0.1) is 0 Å². The van der Waals surface area contributed by atoms with E-state index in [0.29, 0.717) is 12.6 Å². The standard InChI is InChI=1S/C15H24N2O2/c1-12(2)17-9-5-8-16-10-13-11-18-14-6-3-4-7-15(14)19-13/h3-4,6-7,12-13,16-17H,5,8-11H2,1-2H3. The Morgan fingerprint density at radius 1 is 1.21 bits per heavy atom. The normalized spacial score (nSPS) is 17.7. The topological polar surface area (TPSA) is 42.5 Å². The second-order valence-corrected chi connectivity index (χ2v) is 5.16. The summed E-state index contributed by atoms with van der Waals surface area (Å²) in [6.45, 7) is 7.83. The van der Waals surface area contributed by atoms with E-state index < -0.39 is 0 Å². The molecule has 4 heteroatoms. The van der Waals surface area contributed by atoms with Crippen molar-refractivity contribution in [3.8, 4) is 11.5 Å². The van der Waals surface area contributed by atoms with E-state index in [0.717, 1.165) is 37.6 Å². The summed E-state index contributed by atoms with van der Waals surface area (Å²) in [5, 5.41) is 6.82. The Kier molecular flexibility index (Phi) is 5.48. The Morgan fingerprint density at radius 3 is 2.79 bits per heavy atom. The smallest absolute Gasteiger partial charge is 0.161 e. The highest BCUT2D eigenvalue weighted by molar-refractivity contribution is 5.40. The van der Waals surface area contributed by atoms with Crippen molar-refractivity contribution in [3.05, 3.63) is 24.3 Å². The second kappa shape index (κ2) is 7.36.